The predicted octanol–water partition coefficient (Wildman–Crippen LogP) is 5.44. The highest BCUT2D eigenvalue weighted by Gasteiger charge is 2.13. The van der Waals surface area contributed by atoms with Crippen molar-refractivity contribution in [1.82, 2.24) is 9.55 Å². The SMILES string of the molecule is CC(C)n1c2ccccc2c2ccc(-c3ccccn3)cc21. The molecule has 2 aromatic carbocycles. The minimum atomic E-state index is 0.418. The van der Waals surface area contributed by atoms with E-state index in [1.165, 1.54) is 21.8 Å². The van der Waals surface area contributed by atoms with Crippen LogP contribution in [0.15, 0.2) is 66.9 Å². The molecule has 0 unspecified atom stereocenters. The van der Waals surface area contributed by atoms with Crippen LogP contribution in [0.2, 0.25) is 0 Å². The Morgan fingerprint density at radius 2 is 1.59 bits per heavy atom. The van der Waals surface area contributed by atoms with Gasteiger partial charge in [-0.3, -0.25) is 4.98 Å². The van der Waals surface area contributed by atoms with E-state index in [0.717, 1.165) is 11.3 Å². The highest BCUT2D eigenvalue weighted by molar-refractivity contribution is 6.09. The molecule has 0 aliphatic carbocycles. The van der Waals surface area contributed by atoms with Crippen molar-refractivity contribution in [2.24, 2.45) is 0 Å². The maximum atomic E-state index is 4.47. The fourth-order valence-electron chi connectivity index (χ4n) is 3.25. The molecule has 0 N–H and O–H groups in total. The smallest absolute Gasteiger partial charge is 0.0702 e. The number of aromatic nitrogens is 2. The minimum Gasteiger partial charge on any atom is -0.338 e. The Balaban J connectivity index is 2.07. The van der Waals surface area contributed by atoms with Crippen LogP contribution in [0.5, 0.6) is 0 Å². The monoisotopic (exact) mass is 286 g/mol. The van der Waals surface area contributed by atoms with E-state index in [9.17, 15) is 0 Å². The maximum Gasteiger partial charge on any atom is 0.0702 e. The third-order valence-corrected chi connectivity index (χ3v) is 4.19. The van der Waals surface area contributed by atoms with Gasteiger partial charge in [-0.05, 0) is 38.1 Å². The number of benzene rings is 2. The lowest BCUT2D eigenvalue weighted by Gasteiger charge is -2.12. The van der Waals surface area contributed by atoms with Gasteiger partial charge < -0.3 is 4.57 Å². The molecule has 0 aliphatic rings. The number of fused-ring (bicyclic) bond motifs is 3. The van der Waals surface area contributed by atoms with E-state index in [1.54, 1.807) is 0 Å². The van der Waals surface area contributed by atoms with E-state index in [0.29, 0.717) is 6.04 Å². The van der Waals surface area contributed by atoms with E-state index < -0.39 is 0 Å². The van der Waals surface area contributed by atoms with Crippen LogP contribution in [-0.4, -0.2) is 9.55 Å². The highest BCUT2D eigenvalue weighted by Crippen LogP contribution is 2.33. The lowest BCUT2D eigenvalue weighted by molar-refractivity contribution is 0.642. The summed E-state index contributed by atoms with van der Waals surface area (Å²) in [5.41, 5.74) is 4.76. The van der Waals surface area contributed by atoms with Crippen LogP contribution in [0.25, 0.3) is 33.1 Å². The van der Waals surface area contributed by atoms with Gasteiger partial charge in [0, 0.05) is 34.1 Å². The molecule has 0 saturated heterocycles. The molecule has 2 nitrogen and oxygen atoms in total. The van der Waals surface area contributed by atoms with Crippen LogP contribution < -0.4 is 0 Å². The summed E-state index contributed by atoms with van der Waals surface area (Å²) in [6.07, 6.45) is 1.84. The Bertz CT molecular complexity index is 949. The molecule has 2 heteroatoms. The quantitative estimate of drug-likeness (QED) is 0.480. The lowest BCUT2D eigenvalue weighted by Crippen LogP contribution is -1.99. The Kier molecular flexibility index (Phi) is 2.97. The Morgan fingerprint density at radius 1 is 0.818 bits per heavy atom. The first kappa shape index (κ1) is 13.1. The molecule has 0 bridgehead atoms. The molecule has 2 heterocycles. The molecule has 0 amide bonds. The van der Waals surface area contributed by atoms with E-state index in [4.69, 9.17) is 0 Å². The summed E-state index contributed by atoms with van der Waals surface area (Å²) in [7, 11) is 0. The average Bonchev–Trinajstić information content (AvgIpc) is 2.89. The molecule has 2 aromatic heterocycles. The zero-order valence-corrected chi connectivity index (χ0v) is 12.8. The number of pyridine rings is 1. The second-order valence-electron chi connectivity index (χ2n) is 5.93. The zero-order chi connectivity index (χ0) is 15.1. The van der Waals surface area contributed by atoms with E-state index >= 15 is 0 Å². The fourth-order valence-corrected chi connectivity index (χ4v) is 3.25. The second kappa shape index (κ2) is 4.99. The third kappa shape index (κ3) is 1.92. The summed E-state index contributed by atoms with van der Waals surface area (Å²) in [6, 6.07) is 21.7. The third-order valence-electron chi connectivity index (χ3n) is 4.19. The van der Waals surface area contributed by atoms with Crippen LogP contribution in [0, 0.1) is 0 Å². The molecule has 4 rings (SSSR count). The maximum absolute atomic E-state index is 4.47. The Morgan fingerprint density at radius 3 is 2.36 bits per heavy atom. The Hall–Kier alpha value is -2.61. The fraction of sp³-hybridized carbons (Fsp3) is 0.150. The molecule has 0 atom stereocenters. The van der Waals surface area contributed by atoms with Gasteiger partial charge in [0.25, 0.3) is 0 Å². The van der Waals surface area contributed by atoms with Crippen molar-refractivity contribution in [3.63, 3.8) is 0 Å². The molecule has 0 spiro atoms. The van der Waals surface area contributed by atoms with Crippen molar-refractivity contribution in [3.05, 3.63) is 66.9 Å². The van der Waals surface area contributed by atoms with Crippen LogP contribution in [0.1, 0.15) is 19.9 Å². The zero-order valence-electron chi connectivity index (χ0n) is 12.8. The number of rotatable bonds is 2. The molecule has 4 aromatic rings. The molecule has 0 radical (unpaired) electrons. The highest BCUT2D eigenvalue weighted by atomic mass is 15.0. The average molecular weight is 286 g/mol. The molecule has 0 saturated carbocycles. The van der Waals surface area contributed by atoms with E-state index in [2.05, 4.69) is 71.9 Å². The van der Waals surface area contributed by atoms with Gasteiger partial charge in [-0.25, -0.2) is 0 Å². The molecule has 0 fully saturated rings. The van der Waals surface area contributed by atoms with E-state index in [-0.39, 0.29) is 0 Å². The van der Waals surface area contributed by atoms with Crippen molar-refractivity contribution >= 4 is 21.8 Å². The first-order chi connectivity index (χ1) is 10.8. The summed E-state index contributed by atoms with van der Waals surface area (Å²) in [6.45, 7) is 4.47. The van der Waals surface area contributed by atoms with Crippen LogP contribution in [-0.2, 0) is 0 Å². The van der Waals surface area contributed by atoms with Gasteiger partial charge in [0.05, 0.1) is 11.2 Å². The molecule has 108 valence electrons. The molecular formula is C20H18N2. The molecular weight excluding hydrogens is 268 g/mol. The van der Waals surface area contributed by atoms with E-state index in [1.807, 2.05) is 18.3 Å². The summed E-state index contributed by atoms with van der Waals surface area (Å²) < 4.78 is 2.41. The van der Waals surface area contributed by atoms with Crippen LogP contribution in [0.4, 0.5) is 0 Å². The molecule has 22 heavy (non-hydrogen) atoms. The number of nitrogens with zero attached hydrogens (tertiary/aromatic N) is 2. The predicted molar refractivity (Wildman–Crippen MR) is 93.1 cm³/mol. The van der Waals surface area contributed by atoms with Gasteiger partial charge in [-0.1, -0.05) is 36.4 Å². The topological polar surface area (TPSA) is 17.8 Å². The molecule has 0 aliphatic heterocycles. The van der Waals surface area contributed by atoms with Gasteiger partial charge in [0.2, 0.25) is 0 Å². The number of hydrogen-bond donors (Lipinski definition) is 0. The van der Waals surface area contributed by atoms with Crippen molar-refractivity contribution < 1.29 is 0 Å². The van der Waals surface area contributed by atoms with Gasteiger partial charge in [-0.15, -0.1) is 0 Å². The normalized spacial score (nSPS) is 11.6. The first-order valence-corrected chi connectivity index (χ1v) is 7.70. The van der Waals surface area contributed by atoms with Crippen LogP contribution in [0.3, 0.4) is 0 Å². The van der Waals surface area contributed by atoms with Crippen molar-refractivity contribution in [2.45, 2.75) is 19.9 Å². The van der Waals surface area contributed by atoms with Gasteiger partial charge in [-0.2, -0.15) is 0 Å². The summed E-state index contributed by atoms with van der Waals surface area (Å²) in [5, 5.41) is 2.63. The van der Waals surface area contributed by atoms with Crippen molar-refractivity contribution in [3.8, 4) is 11.3 Å². The van der Waals surface area contributed by atoms with Crippen LogP contribution >= 0.6 is 0 Å². The van der Waals surface area contributed by atoms with Gasteiger partial charge in [0.15, 0.2) is 0 Å². The van der Waals surface area contributed by atoms with Crippen molar-refractivity contribution in [1.29, 1.82) is 0 Å². The standard InChI is InChI=1S/C20H18N2/c1-14(2)22-19-9-4-3-7-16(19)17-11-10-15(13-20(17)22)18-8-5-6-12-21-18/h3-14H,1-2H3. The summed E-state index contributed by atoms with van der Waals surface area (Å²) in [5.74, 6) is 0. The second-order valence-corrected chi connectivity index (χ2v) is 5.93. The number of hydrogen-bond acceptors (Lipinski definition) is 1. The largest absolute Gasteiger partial charge is 0.338 e. The lowest BCUT2D eigenvalue weighted by atomic mass is 10.1. The summed E-state index contributed by atoms with van der Waals surface area (Å²) >= 11 is 0. The summed E-state index contributed by atoms with van der Waals surface area (Å²) in [4.78, 5) is 4.47. The minimum absolute atomic E-state index is 0.418. The van der Waals surface area contributed by atoms with Gasteiger partial charge >= 0.3 is 0 Å². The van der Waals surface area contributed by atoms with Crippen molar-refractivity contribution in [2.75, 3.05) is 0 Å². The number of para-hydroxylation sites is 1. The van der Waals surface area contributed by atoms with Gasteiger partial charge in [0.1, 0.15) is 0 Å². The first-order valence-electron chi connectivity index (χ1n) is 7.70. The Labute approximate surface area is 130 Å².